The van der Waals surface area contributed by atoms with Gasteiger partial charge in [-0.25, -0.2) is 4.39 Å². The van der Waals surface area contributed by atoms with Crippen molar-refractivity contribution in [3.05, 3.63) is 51.6 Å². The third-order valence-corrected chi connectivity index (χ3v) is 4.03. The van der Waals surface area contributed by atoms with Gasteiger partial charge in [0.2, 0.25) is 0 Å². The van der Waals surface area contributed by atoms with Crippen LogP contribution < -0.4 is 5.32 Å². The van der Waals surface area contributed by atoms with Crippen LogP contribution in [0.4, 0.5) is 4.39 Å². The molecule has 5 heteroatoms. The zero-order chi connectivity index (χ0) is 14.9. The second-order valence-corrected chi connectivity index (χ2v) is 5.42. The summed E-state index contributed by atoms with van der Waals surface area (Å²) in [6, 6.07) is 5.15. The first-order valence-electron chi connectivity index (χ1n) is 6.55. The second-order valence-electron chi connectivity index (χ2n) is 5.04. The number of benzene rings is 1. The number of nitrogens with one attached hydrogen (secondary N) is 1. The molecule has 1 unspecified atom stereocenters. The number of likely N-dealkylation sites (N-methyl/N-ethyl adjacent to an activating group) is 1. The van der Waals surface area contributed by atoms with Gasteiger partial charge in [0.25, 0.3) is 0 Å². The van der Waals surface area contributed by atoms with Crippen LogP contribution >= 0.6 is 11.6 Å². The summed E-state index contributed by atoms with van der Waals surface area (Å²) in [4.78, 5) is 0. The Morgan fingerprint density at radius 1 is 1.40 bits per heavy atom. The van der Waals surface area contributed by atoms with Crippen LogP contribution in [-0.4, -0.2) is 16.8 Å². The summed E-state index contributed by atoms with van der Waals surface area (Å²) >= 11 is 6.26. The Kier molecular flexibility index (Phi) is 4.45. The second kappa shape index (κ2) is 5.94. The number of rotatable bonds is 4. The van der Waals surface area contributed by atoms with Crippen LogP contribution in [0.5, 0.6) is 0 Å². The fourth-order valence-corrected chi connectivity index (χ4v) is 2.61. The molecule has 0 amide bonds. The average molecular weight is 296 g/mol. The Morgan fingerprint density at radius 2 is 2.10 bits per heavy atom. The summed E-state index contributed by atoms with van der Waals surface area (Å²) in [5.41, 5.74) is 3.26. The summed E-state index contributed by atoms with van der Waals surface area (Å²) in [5.74, 6) is -0.195. The molecule has 1 N–H and O–H groups in total. The molecule has 0 bridgehead atoms. The molecule has 2 aromatic rings. The van der Waals surface area contributed by atoms with Crippen LogP contribution in [0.1, 0.15) is 28.6 Å². The molecule has 0 aliphatic carbocycles. The molecule has 0 saturated carbocycles. The highest BCUT2D eigenvalue weighted by Crippen LogP contribution is 2.27. The molecule has 0 aliphatic rings. The number of nitrogens with zero attached hydrogens (tertiary/aromatic N) is 2. The Balaban J connectivity index is 2.33. The summed E-state index contributed by atoms with van der Waals surface area (Å²) in [6.45, 7) is 3.75. The molecular formula is C15H19ClFN3. The van der Waals surface area contributed by atoms with Crippen LogP contribution in [0.2, 0.25) is 5.02 Å². The van der Waals surface area contributed by atoms with Crippen LogP contribution in [0.25, 0.3) is 0 Å². The lowest BCUT2D eigenvalue weighted by Crippen LogP contribution is -2.21. The van der Waals surface area contributed by atoms with Gasteiger partial charge in [-0.1, -0.05) is 23.7 Å². The molecule has 108 valence electrons. The van der Waals surface area contributed by atoms with E-state index in [1.807, 2.05) is 40.1 Å². The minimum atomic E-state index is -0.195. The van der Waals surface area contributed by atoms with E-state index in [0.717, 1.165) is 17.0 Å². The van der Waals surface area contributed by atoms with E-state index >= 15 is 0 Å². The van der Waals surface area contributed by atoms with E-state index in [1.54, 1.807) is 10.7 Å². The van der Waals surface area contributed by atoms with Gasteiger partial charge in [-0.2, -0.15) is 5.10 Å². The number of hydrogen-bond acceptors (Lipinski definition) is 2. The van der Waals surface area contributed by atoms with Crippen molar-refractivity contribution in [2.75, 3.05) is 7.05 Å². The maximum Gasteiger partial charge on any atom is 0.128 e. The molecule has 0 aliphatic heterocycles. The van der Waals surface area contributed by atoms with E-state index in [0.29, 0.717) is 17.0 Å². The van der Waals surface area contributed by atoms with Gasteiger partial charge < -0.3 is 5.32 Å². The largest absolute Gasteiger partial charge is 0.313 e. The molecule has 3 nitrogen and oxygen atoms in total. The van der Waals surface area contributed by atoms with E-state index in [1.165, 1.54) is 0 Å². The molecule has 1 aromatic carbocycles. The highest BCUT2D eigenvalue weighted by atomic mass is 35.5. The molecule has 0 radical (unpaired) electrons. The fraction of sp³-hybridized carbons (Fsp3) is 0.400. The zero-order valence-electron chi connectivity index (χ0n) is 12.2. The van der Waals surface area contributed by atoms with Crippen molar-refractivity contribution in [3.63, 3.8) is 0 Å². The van der Waals surface area contributed by atoms with E-state index in [9.17, 15) is 4.39 Å². The first-order valence-corrected chi connectivity index (χ1v) is 6.93. The Labute approximate surface area is 123 Å². The third kappa shape index (κ3) is 2.86. The molecule has 2 rings (SSSR count). The van der Waals surface area contributed by atoms with Crippen molar-refractivity contribution in [2.45, 2.75) is 26.3 Å². The van der Waals surface area contributed by atoms with Crippen LogP contribution in [0, 0.1) is 19.7 Å². The van der Waals surface area contributed by atoms with E-state index in [-0.39, 0.29) is 11.9 Å². The Morgan fingerprint density at radius 3 is 2.60 bits per heavy atom. The highest BCUT2D eigenvalue weighted by molar-refractivity contribution is 6.31. The third-order valence-electron chi connectivity index (χ3n) is 3.54. The number of aromatic nitrogens is 2. The van der Waals surface area contributed by atoms with Crippen molar-refractivity contribution in [2.24, 2.45) is 7.05 Å². The molecule has 1 aromatic heterocycles. The lowest BCUT2D eigenvalue weighted by molar-refractivity contribution is 0.519. The summed E-state index contributed by atoms with van der Waals surface area (Å²) < 4.78 is 15.9. The molecule has 0 spiro atoms. The zero-order valence-corrected chi connectivity index (χ0v) is 12.9. The first-order chi connectivity index (χ1) is 9.43. The van der Waals surface area contributed by atoms with Gasteiger partial charge >= 0.3 is 0 Å². The summed E-state index contributed by atoms with van der Waals surface area (Å²) in [5, 5.41) is 8.10. The lowest BCUT2D eigenvalue weighted by Gasteiger charge is -2.18. The first kappa shape index (κ1) is 15.0. The molecular weight excluding hydrogens is 277 g/mol. The number of halogens is 2. The van der Waals surface area contributed by atoms with Gasteiger partial charge in [0.05, 0.1) is 16.4 Å². The number of hydrogen-bond donors (Lipinski definition) is 1. The summed E-state index contributed by atoms with van der Waals surface area (Å²) in [6.07, 6.45) is 0.590. The minimum absolute atomic E-state index is 0.136. The van der Waals surface area contributed by atoms with Crippen molar-refractivity contribution in [1.82, 2.24) is 15.1 Å². The smallest absolute Gasteiger partial charge is 0.128 e. The van der Waals surface area contributed by atoms with Crippen LogP contribution in [0.3, 0.4) is 0 Å². The van der Waals surface area contributed by atoms with E-state index < -0.39 is 0 Å². The Bertz CT molecular complexity index is 622. The fourth-order valence-electron chi connectivity index (χ4n) is 2.38. The predicted molar refractivity (Wildman–Crippen MR) is 79.6 cm³/mol. The average Bonchev–Trinajstić information content (AvgIpc) is 2.62. The van der Waals surface area contributed by atoms with Gasteiger partial charge in [0.1, 0.15) is 5.82 Å². The van der Waals surface area contributed by atoms with E-state index in [2.05, 4.69) is 10.4 Å². The Hall–Kier alpha value is -1.39. The molecule has 0 saturated heterocycles. The van der Waals surface area contributed by atoms with Gasteiger partial charge in [-0.15, -0.1) is 0 Å². The van der Waals surface area contributed by atoms with Crippen molar-refractivity contribution >= 4 is 11.6 Å². The molecule has 20 heavy (non-hydrogen) atoms. The topological polar surface area (TPSA) is 29.9 Å². The normalized spacial score (nSPS) is 12.7. The summed E-state index contributed by atoms with van der Waals surface area (Å²) in [7, 11) is 3.67. The lowest BCUT2D eigenvalue weighted by atomic mass is 10.00. The van der Waals surface area contributed by atoms with Crippen LogP contribution in [0.15, 0.2) is 18.2 Å². The molecule has 1 atom stereocenters. The minimum Gasteiger partial charge on any atom is -0.313 e. The molecule has 1 heterocycles. The van der Waals surface area contributed by atoms with E-state index in [4.69, 9.17) is 11.6 Å². The van der Waals surface area contributed by atoms with Crippen LogP contribution in [-0.2, 0) is 13.5 Å². The van der Waals surface area contributed by atoms with Gasteiger partial charge in [-0.05, 0) is 32.5 Å². The highest BCUT2D eigenvalue weighted by Gasteiger charge is 2.19. The maximum atomic E-state index is 14.1. The SMILES string of the molecule is CNC(Cc1c(Cl)c(C)nn1C)c1ccc(C)cc1F. The van der Waals surface area contributed by atoms with Gasteiger partial charge in [0.15, 0.2) is 0 Å². The maximum absolute atomic E-state index is 14.1. The van der Waals surface area contributed by atoms with Crippen molar-refractivity contribution in [3.8, 4) is 0 Å². The van der Waals surface area contributed by atoms with Gasteiger partial charge in [-0.3, -0.25) is 4.68 Å². The number of aryl methyl sites for hydroxylation is 3. The van der Waals surface area contributed by atoms with Gasteiger partial charge in [0, 0.05) is 25.1 Å². The van der Waals surface area contributed by atoms with Crippen molar-refractivity contribution < 1.29 is 4.39 Å². The van der Waals surface area contributed by atoms with Crippen molar-refractivity contribution in [1.29, 1.82) is 0 Å². The molecule has 0 fully saturated rings. The quantitative estimate of drug-likeness (QED) is 0.937. The predicted octanol–water partition coefficient (Wildman–Crippen LogP) is 3.33. The standard InChI is InChI=1S/C15H19ClFN3/c1-9-5-6-11(12(17)7-9)13(18-3)8-14-15(16)10(2)19-20(14)4/h5-7,13,18H,8H2,1-4H3. The monoisotopic (exact) mass is 295 g/mol.